The van der Waals surface area contributed by atoms with Crippen molar-refractivity contribution in [2.24, 2.45) is 0 Å². The highest BCUT2D eigenvalue weighted by Gasteiger charge is 2.13. The fourth-order valence-electron chi connectivity index (χ4n) is 3.22. The Bertz CT molecular complexity index is 1160. The molecular formula is C24H19FO3. The van der Waals surface area contributed by atoms with Crippen molar-refractivity contribution < 1.29 is 13.5 Å². The van der Waals surface area contributed by atoms with Crippen molar-refractivity contribution in [2.75, 3.05) is 0 Å². The number of fused-ring (bicyclic) bond motifs is 1. The van der Waals surface area contributed by atoms with Crippen LogP contribution in [0.25, 0.3) is 11.0 Å². The zero-order valence-corrected chi connectivity index (χ0v) is 15.4. The van der Waals surface area contributed by atoms with E-state index < -0.39 is 0 Å². The second-order valence-corrected chi connectivity index (χ2v) is 6.73. The van der Waals surface area contributed by atoms with Gasteiger partial charge < -0.3 is 9.15 Å². The Balaban J connectivity index is 1.60. The van der Waals surface area contributed by atoms with Gasteiger partial charge in [-0.2, -0.15) is 0 Å². The molecule has 4 rings (SSSR count). The van der Waals surface area contributed by atoms with E-state index in [0.29, 0.717) is 29.9 Å². The molecule has 0 N–H and O–H groups in total. The third kappa shape index (κ3) is 3.81. The summed E-state index contributed by atoms with van der Waals surface area (Å²) in [5, 5.41) is 0.889. The quantitative estimate of drug-likeness (QED) is 0.439. The van der Waals surface area contributed by atoms with E-state index in [9.17, 15) is 9.18 Å². The summed E-state index contributed by atoms with van der Waals surface area (Å²) in [5.74, 6) is 0.313. The molecule has 1 aromatic heterocycles. The molecule has 3 nitrogen and oxygen atoms in total. The normalized spacial score (nSPS) is 10.9. The summed E-state index contributed by atoms with van der Waals surface area (Å²) in [6, 6.07) is 21.5. The Morgan fingerprint density at radius 2 is 1.68 bits per heavy atom. The Hall–Kier alpha value is -3.40. The third-order valence-electron chi connectivity index (χ3n) is 4.80. The number of hydrogen-bond acceptors (Lipinski definition) is 3. The lowest BCUT2D eigenvalue weighted by Gasteiger charge is -2.10. The Morgan fingerprint density at radius 1 is 0.929 bits per heavy atom. The molecule has 28 heavy (non-hydrogen) atoms. The van der Waals surface area contributed by atoms with Crippen LogP contribution in [0.1, 0.15) is 22.3 Å². The van der Waals surface area contributed by atoms with Crippen LogP contribution in [0.2, 0.25) is 0 Å². The zero-order valence-electron chi connectivity index (χ0n) is 15.4. The van der Waals surface area contributed by atoms with Crippen molar-refractivity contribution in [1.82, 2.24) is 0 Å². The Kier molecular flexibility index (Phi) is 4.94. The van der Waals surface area contributed by atoms with Gasteiger partial charge >= 0.3 is 5.63 Å². The van der Waals surface area contributed by atoms with E-state index in [4.69, 9.17) is 9.15 Å². The molecule has 0 radical (unpaired) electrons. The Labute approximate surface area is 162 Å². The van der Waals surface area contributed by atoms with Crippen LogP contribution >= 0.6 is 0 Å². The van der Waals surface area contributed by atoms with E-state index in [2.05, 4.69) is 0 Å². The average Bonchev–Trinajstić information content (AvgIpc) is 2.71. The molecule has 0 saturated heterocycles. The van der Waals surface area contributed by atoms with E-state index in [1.165, 1.54) is 12.1 Å². The van der Waals surface area contributed by atoms with Gasteiger partial charge in [-0.1, -0.05) is 42.5 Å². The number of rotatable bonds is 5. The molecule has 0 atom stereocenters. The molecule has 0 aliphatic carbocycles. The van der Waals surface area contributed by atoms with Gasteiger partial charge in [0, 0.05) is 23.4 Å². The van der Waals surface area contributed by atoms with E-state index in [1.54, 1.807) is 18.2 Å². The van der Waals surface area contributed by atoms with Crippen LogP contribution < -0.4 is 10.4 Å². The number of aryl methyl sites for hydroxylation is 1. The summed E-state index contributed by atoms with van der Waals surface area (Å²) >= 11 is 0. The van der Waals surface area contributed by atoms with Gasteiger partial charge in [0.05, 0.1) is 0 Å². The predicted octanol–water partition coefficient (Wildman–Crippen LogP) is 5.41. The molecular weight excluding hydrogens is 355 g/mol. The molecule has 0 amide bonds. The molecule has 0 aliphatic rings. The minimum atomic E-state index is -0.329. The number of benzene rings is 3. The van der Waals surface area contributed by atoms with E-state index in [-0.39, 0.29) is 11.4 Å². The number of ether oxygens (including phenoxy) is 1. The van der Waals surface area contributed by atoms with Crippen LogP contribution in [0.5, 0.6) is 5.75 Å². The summed E-state index contributed by atoms with van der Waals surface area (Å²) in [5.41, 5.74) is 3.67. The fourth-order valence-corrected chi connectivity index (χ4v) is 3.22. The zero-order chi connectivity index (χ0) is 19.5. The third-order valence-corrected chi connectivity index (χ3v) is 4.80. The van der Waals surface area contributed by atoms with Crippen molar-refractivity contribution in [1.29, 1.82) is 0 Å². The predicted molar refractivity (Wildman–Crippen MR) is 107 cm³/mol. The highest BCUT2D eigenvalue weighted by molar-refractivity contribution is 5.82. The van der Waals surface area contributed by atoms with Gasteiger partial charge in [-0.3, -0.25) is 0 Å². The molecule has 0 bridgehead atoms. The average molecular weight is 374 g/mol. The fraction of sp³-hybridized carbons (Fsp3) is 0.125. The molecule has 3 aromatic carbocycles. The molecule has 0 fully saturated rings. The van der Waals surface area contributed by atoms with Crippen LogP contribution in [-0.4, -0.2) is 0 Å². The summed E-state index contributed by atoms with van der Waals surface area (Å²) < 4.78 is 24.3. The van der Waals surface area contributed by atoms with Crippen molar-refractivity contribution >= 4 is 11.0 Å². The molecule has 1 heterocycles. The first kappa shape index (κ1) is 18.0. The van der Waals surface area contributed by atoms with Gasteiger partial charge in [-0.25, -0.2) is 9.18 Å². The van der Waals surface area contributed by atoms with Gasteiger partial charge in [0.15, 0.2) is 0 Å². The van der Waals surface area contributed by atoms with Crippen LogP contribution in [0.15, 0.2) is 82.0 Å². The summed E-state index contributed by atoms with van der Waals surface area (Å²) in [6.45, 7) is 2.25. The van der Waals surface area contributed by atoms with Crippen molar-refractivity contribution in [3.8, 4) is 5.75 Å². The van der Waals surface area contributed by atoms with Gasteiger partial charge in [-0.15, -0.1) is 0 Å². The van der Waals surface area contributed by atoms with E-state index in [1.807, 2.05) is 49.4 Å². The van der Waals surface area contributed by atoms with Crippen molar-refractivity contribution in [2.45, 2.75) is 20.0 Å². The first-order chi connectivity index (χ1) is 13.6. The molecule has 0 saturated carbocycles. The van der Waals surface area contributed by atoms with Gasteiger partial charge in [0.2, 0.25) is 0 Å². The van der Waals surface area contributed by atoms with Crippen molar-refractivity contribution in [3.05, 3.63) is 111 Å². The summed E-state index contributed by atoms with van der Waals surface area (Å²) in [6.07, 6.45) is 0.535. The lowest BCUT2D eigenvalue weighted by atomic mass is 10.00. The summed E-state index contributed by atoms with van der Waals surface area (Å²) in [7, 11) is 0. The standard InChI is InChI=1S/C24H19FO3/c1-16-21-12-11-20(27-15-18-7-9-19(25)10-8-18)14-23(21)28-24(26)22(16)13-17-5-3-2-4-6-17/h2-12,14H,13,15H2,1H3. The van der Waals surface area contributed by atoms with E-state index >= 15 is 0 Å². The topological polar surface area (TPSA) is 39.4 Å². The largest absolute Gasteiger partial charge is 0.489 e. The maximum Gasteiger partial charge on any atom is 0.340 e. The van der Waals surface area contributed by atoms with Gasteiger partial charge in [0.25, 0.3) is 0 Å². The van der Waals surface area contributed by atoms with Gasteiger partial charge in [0.1, 0.15) is 23.8 Å². The first-order valence-corrected chi connectivity index (χ1v) is 9.07. The van der Waals surface area contributed by atoms with Crippen LogP contribution in [-0.2, 0) is 13.0 Å². The summed E-state index contributed by atoms with van der Waals surface area (Å²) in [4.78, 5) is 12.5. The minimum Gasteiger partial charge on any atom is -0.489 e. The number of hydrogen-bond donors (Lipinski definition) is 0. The van der Waals surface area contributed by atoms with Crippen molar-refractivity contribution in [3.63, 3.8) is 0 Å². The number of halogens is 1. The monoisotopic (exact) mass is 374 g/mol. The SMILES string of the molecule is Cc1c(Cc2ccccc2)c(=O)oc2cc(OCc3ccc(F)cc3)ccc12. The molecule has 140 valence electrons. The second kappa shape index (κ2) is 7.69. The van der Waals surface area contributed by atoms with Gasteiger partial charge in [-0.05, 0) is 47.9 Å². The minimum absolute atomic E-state index is 0.280. The van der Waals surface area contributed by atoms with Crippen LogP contribution in [0.4, 0.5) is 4.39 Å². The molecule has 0 aliphatic heterocycles. The van der Waals surface area contributed by atoms with Crippen LogP contribution in [0.3, 0.4) is 0 Å². The highest BCUT2D eigenvalue weighted by Crippen LogP contribution is 2.25. The molecule has 0 spiro atoms. The highest BCUT2D eigenvalue weighted by atomic mass is 19.1. The maximum absolute atomic E-state index is 13.0. The lowest BCUT2D eigenvalue weighted by molar-refractivity contribution is 0.306. The Morgan fingerprint density at radius 3 is 2.43 bits per heavy atom. The molecule has 0 unspecified atom stereocenters. The van der Waals surface area contributed by atoms with Crippen LogP contribution in [0, 0.1) is 12.7 Å². The second-order valence-electron chi connectivity index (χ2n) is 6.73. The maximum atomic E-state index is 13.0. The van der Waals surface area contributed by atoms with E-state index in [0.717, 1.165) is 22.1 Å². The lowest BCUT2D eigenvalue weighted by Crippen LogP contribution is -2.11. The smallest absolute Gasteiger partial charge is 0.340 e. The molecule has 4 aromatic rings. The first-order valence-electron chi connectivity index (χ1n) is 9.07. The molecule has 4 heteroatoms.